The number of carbonyl (C=O) groups excluding carboxylic acids is 1. The second kappa shape index (κ2) is 9.15. The number of fused-ring (bicyclic) bond motifs is 1. The molecular formula is C31H25N3O. The number of amides is 1. The van der Waals surface area contributed by atoms with E-state index < -0.39 is 0 Å². The molecule has 0 saturated carbocycles. The number of hydrogen-bond donors (Lipinski definition) is 0. The molecule has 0 spiro atoms. The Labute approximate surface area is 204 Å². The molecule has 1 aliphatic heterocycles. The van der Waals surface area contributed by atoms with E-state index in [9.17, 15) is 4.79 Å². The summed E-state index contributed by atoms with van der Waals surface area (Å²) in [7, 11) is 0. The van der Waals surface area contributed by atoms with Crippen LogP contribution >= 0.6 is 0 Å². The summed E-state index contributed by atoms with van der Waals surface area (Å²) in [6.45, 7) is 1.51. The van der Waals surface area contributed by atoms with Crippen LogP contribution in [-0.2, 0) is 0 Å². The van der Waals surface area contributed by atoms with Gasteiger partial charge in [-0.25, -0.2) is 9.97 Å². The summed E-state index contributed by atoms with van der Waals surface area (Å²) in [6, 6.07) is 36.4. The van der Waals surface area contributed by atoms with E-state index in [4.69, 9.17) is 9.97 Å². The molecule has 1 fully saturated rings. The highest BCUT2D eigenvalue weighted by Crippen LogP contribution is 2.32. The molecule has 4 heteroatoms. The molecule has 0 unspecified atom stereocenters. The quantitative estimate of drug-likeness (QED) is 0.307. The first-order valence-corrected chi connectivity index (χ1v) is 12.0. The number of rotatable bonds is 4. The van der Waals surface area contributed by atoms with Crippen LogP contribution in [0, 0.1) is 0 Å². The first kappa shape index (κ1) is 21.2. The fourth-order valence-electron chi connectivity index (χ4n) is 4.91. The van der Waals surface area contributed by atoms with E-state index in [1.807, 2.05) is 77.7 Å². The molecule has 170 valence electrons. The summed E-state index contributed by atoms with van der Waals surface area (Å²) in [4.78, 5) is 25.4. The van der Waals surface area contributed by atoms with E-state index in [1.165, 1.54) is 5.56 Å². The smallest absolute Gasteiger partial charge is 0.253 e. The maximum absolute atomic E-state index is 13.4. The molecule has 1 aliphatic rings. The van der Waals surface area contributed by atoms with Crippen LogP contribution in [-0.4, -0.2) is 33.9 Å². The SMILES string of the molecule is O=C(c1ccc2nc(-c3ccccc3)c(-c3ccccc3)nc2c1)N1CC[C@@H](c2ccccc2)C1. The van der Waals surface area contributed by atoms with Crippen molar-refractivity contribution >= 4 is 16.9 Å². The van der Waals surface area contributed by atoms with Gasteiger partial charge < -0.3 is 4.90 Å². The van der Waals surface area contributed by atoms with Gasteiger partial charge in [-0.05, 0) is 30.2 Å². The zero-order chi connectivity index (χ0) is 23.6. The number of likely N-dealkylation sites (tertiary alicyclic amines) is 1. The van der Waals surface area contributed by atoms with Crippen molar-refractivity contribution in [1.29, 1.82) is 0 Å². The standard InChI is InChI=1S/C31H25N3O/c35-31(34-19-18-26(21-34)22-10-4-1-5-11-22)25-16-17-27-28(20-25)33-30(24-14-8-3-9-15-24)29(32-27)23-12-6-2-7-13-23/h1-17,20,26H,18-19,21H2/t26-/m1/s1. The lowest BCUT2D eigenvalue weighted by atomic mass is 9.99. The number of hydrogen-bond acceptors (Lipinski definition) is 3. The van der Waals surface area contributed by atoms with Crippen LogP contribution in [0.1, 0.15) is 28.3 Å². The summed E-state index contributed by atoms with van der Waals surface area (Å²) in [5.41, 5.74) is 7.15. The van der Waals surface area contributed by atoms with Gasteiger partial charge in [0.05, 0.1) is 22.4 Å². The van der Waals surface area contributed by atoms with Crippen LogP contribution in [0.3, 0.4) is 0 Å². The Balaban J connectivity index is 1.36. The summed E-state index contributed by atoms with van der Waals surface area (Å²) < 4.78 is 0. The highest BCUT2D eigenvalue weighted by molar-refractivity contribution is 5.98. The van der Waals surface area contributed by atoms with Gasteiger partial charge in [0.25, 0.3) is 5.91 Å². The maximum Gasteiger partial charge on any atom is 0.253 e. The third-order valence-corrected chi connectivity index (χ3v) is 6.75. The Morgan fingerprint density at radius 3 is 1.89 bits per heavy atom. The van der Waals surface area contributed by atoms with E-state index in [0.29, 0.717) is 11.5 Å². The van der Waals surface area contributed by atoms with Gasteiger partial charge in [-0.3, -0.25) is 4.79 Å². The van der Waals surface area contributed by atoms with Crippen LogP contribution in [0.15, 0.2) is 109 Å². The largest absolute Gasteiger partial charge is 0.338 e. The second-order valence-corrected chi connectivity index (χ2v) is 9.00. The van der Waals surface area contributed by atoms with Crippen molar-refractivity contribution in [2.24, 2.45) is 0 Å². The molecule has 1 amide bonds. The summed E-state index contributed by atoms with van der Waals surface area (Å²) >= 11 is 0. The van der Waals surface area contributed by atoms with E-state index in [1.54, 1.807) is 0 Å². The number of benzene rings is 4. The Morgan fingerprint density at radius 2 is 1.26 bits per heavy atom. The molecule has 1 atom stereocenters. The highest BCUT2D eigenvalue weighted by atomic mass is 16.2. The Hall–Kier alpha value is -4.31. The molecule has 0 N–H and O–H groups in total. The normalized spacial score (nSPS) is 15.4. The van der Waals surface area contributed by atoms with E-state index in [2.05, 4.69) is 36.4 Å². The molecule has 4 aromatic carbocycles. The fraction of sp³-hybridized carbons (Fsp3) is 0.129. The molecule has 0 bridgehead atoms. The first-order valence-electron chi connectivity index (χ1n) is 12.0. The average Bonchev–Trinajstić information content (AvgIpc) is 3.43. The molecule has 5 aromatic rings. The third kappa shape index (κ3) is 4.19. The molecule has 4 nitrogen and oxygen atoms in total. The van der Waals surface area contributed by atoms with Crippen LogP contribution in [0.2, 0.25) is 0 Å². The third-order valence-electron chi connectivity index (χ3n) is 6.75. The van der Waals surface area contributed by atoms with Gasteiger partial charge in [0.15, 0.2) is 0 Å². The zero-order valence-electron chi connectivity index (χ0n) is 19.3. The lowest BCUT2D eigenvalue weighted by molar-refractivity contribution is 0.0791. The first-order chi connectivity index (χ1) is 17.3. The maximum atomic E-state index is 13.4. The molecule has 1 saturated heterocycles. The lowest BCUT2D eigenvalue weighted by Crippen LogP contribution is -2.28. The second-order valence-electron chi connectivity index (χ2n) is 9.00. The Morgan fingerprint density at radius 1 is 0.686 bits per heavy atom. The van der Waals surface area contributed by atoms with Gasteiger partial charge in [0.1, 0.15) is 0 Å². The van der Waals surface area contributed by atoms with E-state index in [-0.39, 0.29) is 5.91 Å². The molecule has 1 aromatic heterocycles. The molecule has 0 aliphatic carbocycles. The summed E-state index contributed by atoms with van der Waals surface area (Å²) in [5.74, 6) is 0.444. The molecule has 2 heterocycles. The van der Waals surface area contributed by atoms with Gasteiger partial charge >= 0.3 is 0 Å². The van der Waals surface area contributed by atoms with Crippen molar-refractivity contribution in [3.63, 3.8) is 0 Å². The minimum atomic E-state index is 0.0560. The van der Waals surface area contributed by atoms with Crippen molar-refractivity contribution in [2.75, 3.05) is 13.1 Å². The van der Waals surface area contributed by atoms with E-state index >= 15 is 0 Å². The van der Waals surface area contributed by atoms with Gasteiger partial charge in [-0.2, -0.15) is 0 Å². The van der Waals surface area contributed by atoms with Crippen LogP contribution in [0.25, 0.3) is 33.5 Å². The molecule has 6 rings (SSSR count). The topological polar surface area (TPSA) is 46.1 Å². The summed E-state index contributed by atoms with van der Waals surface area (Å²) in [6.07, 6.45) is 0.988. The lowest BCUT2D eigenvalue weighted by Gasteiger charge is -2.17. The average molecular weight is 456 g/mol. The van der Waals surface area contributed by atoms with Crippen molar-refractivity contribution < 1.29 is 4.79 Å². The predicted octanol–water partition coefficient (Wildman–Crippen LogP) is 6.59. The predicted molar refractivity (Wildman–Crippen MR) is 140 cm³/mol. The van der Waals surface area contributed by atoms with Crippen LogP contribution < -0.4 is 0 Å². The van der Waals surface area contributed by atoms with Gasteiger partial charge in [-0.15, -0.1) is 0 Å². The Kier molecular flexibility index (Phi) is 5.55. The minimum Gasteiger partial charge on any atom is -0.338 e. The van der Waals surface area contributed by atoms with Gasteiger partial charge in [0.2, 0.25) is 0 Å². The summed E-state index contributed by atoms with van der Waals surface area (Å²) in [5, 5.41) is 0. The molecular weight excluding hydrogens is 430 g/mol. The van der Waals surface area contributed by atoms with Crippen molar-refractivity contribution in [3.05, 3.63) is 120 Å². The Bertz CT molecular complexity index is 1480. The van der Waals surface area contributed by atoms with E-state index in [0.717, 1.165) is 53.1 Å². The van der Waals surface area contributed by atoms with Crippen molar-refractivity contribution in [3.8, 4) is 22.5 Å². The van der Waals surface area contributed by atoms with Crippen LogP contribution in [0.5, 0.6) is 0 Å². The van der Waals surface area contributed by atoms with Crippen molar-refractivity contribution in [2.45, 2.75) is 12.3 Å². The minimum absolute atomic E-state index is 0.0560. The van der Waals surface area contributed by atoms with Gasteiger partial charge in [0, 0.05) is 35.7 Å². The number of nitrogens with zero attached hydrogens (tertiary/aromatic N) is 3. The van der Waals surface area contributed by atoms with Crippen LogP contribution in [0.4, 0.5) is 0 Å². The number of aromatic nitrogens is 2. The molecule has 0 radical (unpaired) electrons. The molecule has 35 heavy (non-hydrogen) atoms. The fourth-order valence-corrected chi connectivity index (χ4v) is 4.91. The zero-order valence-corrected chi connectivity index (χ0v) is 19.3. The van der Waals surface area contributed by atoms with Crippen molar-refractivity contribution in [1.82, 2.24) is 14.9 Å². The highest BCUT2D eigenvalue weighted by Gasteiger charge is 2.28. The van der Waals surface area contributed by atoms with Gasteiger partial charge in [-0.1, -0.05) is 91.0 Å². The number of carbonyl (C=O) groups is 1. The monoisotopic (exact) mass is 455 g/mol.